The average Bonchev–Trinajstić information content (AvgIpc) is 2.76. The van der Waals surface area contributed by atoms with Gasteiger partial charge >= 0.3 is 7.12 Å². The summed E-state index contributed by atoms with van der Waals surface area (Å²) in [6.07, 6.45) is 0.906. The predicted octanol–water partition coefficient (Wildman–Crippen LogP) is 3.45. The maximum absolute atomic E-state index is 11.3. The Morgan fingerprint density at radius 2 is 1.58 bits per heavy atom. The van der Waals surface area contributed by atoms with Gasteiger partial charge in [-0.3, -0.25) is 4.79 Å². The molecule has 1 unspecified atom stereocenters. The van der Waals surface area contributed by atoms with Crippen molar-refractivity contribution in [3.63, 3.8) is 0 Å². The fourth-order valence-corrected chi connectivity index (χ4v) is 2.47. The molecule has 5 heteroatoms. The first-order chi connectivity index (χ1) is 11.1. The third-order valence-electron chi connectivity index (χ3n) is 4.99. The highest BCUT2D eigenvalue weighted by Crippen LogP contribution is 2.36. The van der Waals surface area contributed by atoms with E-state index in [9.17, 15) is 4.79 Å². The standard InChI is InChI=1S/C17H26BNO3.C2H6/c1-12(19(6)7)15-10-14(9-8-13(15)11-20)18-21-16(2,3)17(4,5)22-18;1-2/h8-12H,1-7H3;1-2H3. The van der Waals surface area contributed by atoms with Gasteiger partial charge in [0.2, 0.25) is 0 Å². The molecule has 0 aliphatic carbocycles. The molecule has 0 aromatic heterocycles. The zero-order chi connectivity index (χ0) is 18.7. The summed E-state index contributed by atoms with van der Waals surface area (Å²) in [4.78, 5) is 13.4. The van der Waals surface area contributed by atoms with E-state index in [1.54, 1.807) is 0 Å². The van der Waals surface area contributed by atoms with Crippen molar-refractivity contribution in [2.24, 2.45) is 0 Å². The molecule has 2 rings (SSSR count). The van der Waals surface area contributed by atoms with Crippen molar-refractivity contribution >= 4 is 18.9 Å². The molecule has 1 aliphatic heterocycles. The van der Waals surface area contributed by atoms with E-state index in [1.165, 1.54) is 0 Å². The van der Waals surface area contributed by atoms with E-state index < -0.39 is 7.12 Å². The number of benzene rings is 1. The third kappa shape index (κ3) is 4.08. The van der Waals surface area contributed by atoms with Crippen molar-refractivity contribution in [1.82, 2.24) is 4.90 Å². The van der Waals surface area contributed by atoms with E-state index >= 15 is 0 Å². The lowest BCUT2D eigenvalue weighted by molar-refractivity contribution is 0.00578. The van der Waals surface area contributed by atoms with Crippen LogP contribution in [0.5, 0.6) is 0 Å². The highest BCUT2D eigenvalue weighted by molar-refractivity contribution is 6.62. The second kappa shape index (κ2) is 7.81. The van der Waals surface area contributed by atoms with Gasteiger partial charge < -0.3 is 14.2 Å². The monoisotopic (exact) mass is 333 g/mol. The van der Waals surface area contributed by atoms with Crippen LogP contribution in [-0.4, -0.2) is 43.6 Å². The number of hydrogen-bond acceptors (Lipinski definition) is 4. The maximum atomic E-state index is 11.3. The van der Waals surface area contributed by atoms with E-state index in [4.69, 9.17) is 9.31 Å². The van der Waals surface area contributed by atoms with Crippen LogP contribution < -0.4 is 5.46 Å². The highest BCUT2D eigenvalue weighted by Gasteiger charge is 2.51. The number of rotatable bonds is 4. The van der Waals surface area contributed by atoms with Gasteiger partial charge in [-0.25, -0.2) is 0 Å². The fourth-order valence-electron chi connectivity index (χ4n) is 2.47. The molecule has 0 N–H and O–H groups in total. The average molecular weight is 333 g/mol. The number of aldehydes is 1. The normalized spacial score (nSPS) is 19.7. The van der Waals surface area contributed by atoms with Gasteiger partial charge in [0, 0.05) is 11.6 Å². The Morgan fingerprint density at radius 3 is 2.00 bits per heavy atom. The van der Waals surface area contributed by atoms with Crippen molar-refractivity contribution in [1.29, 1.82) is 0 Å². The summed E-state index contributed by atoms with van der Waals surface area (Å²) in [5, 5.41) is 0. The summed E-state index contributed by atoms with van der Waals surface area (Å²) >= 11 is 0. The Labute approximate surface area is 147 Å². The molecule has 1 heterocycles. The van der Waals surface area contributed by atoms with Crippen LogP contribution in [-0.2, 0) is 9.31 Å². The Hall–Kier alpha value is -1.17. The summed E-state index contributed by atoms with van der Waals surface area (Å²) < 4.78 is 12.2. The number of nitrogens with zero attached hydrogens (tertiary/aromatic N) is 1. The van der Waals surface area contributed by atoms with Crippen molar-refractivity contribution < 1.29 is 14.1 Å². The summed E-state index contributed by atoms with van der Waals surface area (Å²) in [5.74, 6) is 0. The molecule has 0 amide bonds. The number of hydrogen-bond donors (Lipinski definition) is 0. The molecule has 1 aromatic rings. The van der Waals surface area contributed by atoms with Gasteiger partial charge in [-0.1, -0.05) is 32.0 Å². The Bertz CT molecular complexity index is 554. The highest BCUT2D eigenvalue weighted by atomic mass is 16.7. The first-order valence-electron chi connectivity index (χ1n) is 8.70. The first-order valence-corrected chi connectivity index (χ1v) is 8.70. The van der Waals surface area contributed by atoms with Crippen LogP contribution in [0, 0.1) is 0 Å². The Morgan fingerprint density at radius 1 is 1.08 bits per heavy atom. The summed E-state index contributed by atoms with van der Waals surface area (Å²) in [5.41, 5.74) is 1.92. The van der Waals surface area contributed by atoms with Crippen LogP contribution in [0.1, 0.15) is 70.4 Å². The van der Waals surface area contributed by atoms with Gasteiger partial charge in [0.1, 0.15) is 6.29 Å². The minimum absolute atomic E-state index is 0.141. The largest absolute Gasteiger partial charge is 0.494 e. The van der Waals surface area contributed by atoms with Gasteiger partial charge in [0.05, 0.1) is 11.2 Å². The molecule has 1 saturated heterocycles. The lowest BCUT2D eigenvalue weighted by Crippen LogP contribution is -2.41. The van der Waals surface area contributed by atoms with Crippen molar-refractivity contribution in [3.05, 3.63) is 29.3 Å². The van der Waals surface area contributed by atoms with Crippen LogP contribution in [0.25, 0.3) is 0 Å². The summed E-state index contributed by atoms with van der Waals surface area (Å²) in [6, 6.07) is 5.93. The number of carbonyl (C=O) groups is 1. The molecule has 0 bridgehead atoms. The van der Waals surface area contributed by atoms with Gasteiger partial charge in [-0.2, -0.15) is 0 Å². The van der Waals surface area contributed by atoms with Crippen LogP contribution in [0.15, 0.2) is 18.2 Å². The van der Waals surface area contributed by atoms with Crippen molar-refractivity contribution in [2.45, 2.75) is 65.7 Å². The molecular formula is C19H32BNO3. The molecule has 1 aromatic carbocycles. The van der Waals surface area contributed by atoms with Crippen LogP contribution >= 0.6 is 0 Å². The Kier molecular flexibility index (Phi) is 6.80. The van der Waals surface area contributed by atoms with Crippen LogP contribution in [0.2, 0.25) is 0 Å². The lowest BCUT2D eigenvalue weighted by atomic mass is 9.77. The van der Waals surface area contributed by atoms with E-state index in [1.807, 2.05) is 73.8 Å². The zero-order valence-corrected chi connectivity index (χ0v) is 16.6. The van der Waals surface area contributed by atoms with E-state index in [2.05, 4.69) is 11.8 Å². The van der Waals surface area contributed by atoms with Gasteiger partial charge in [-0.15, -0.1) is 0 Å². The minimum Gasteiger partial charge on any atom is -0.399 e. The van der Waals surface area contributed by atoms with E-state index in [0.717, 1.165) is 17.3 Å². The van der Waals surface area contributed by atoms with Crippen molar-refractivity contribution in [3.8, 4) is 0 Å². The van der Waals surface area contributed by atoms with Crippen LogP contribution in [0.4, 0.5) is 0 Å². The van der Waals surface area contributed by atoms with E-state index in [0.29, 0.717) is 5.56 Å². The van der Waals surface area contributed by atoms with Gasteiger partial charge in [0.25, 0.3) is 0 Å². The quantitative estimate of drug-likeness (QED) is 0.625. The zero-order valence-electron chi connectivity index (χ0n) is 16.6. The lowest BCUT2D eigenvalue weighted by Gasteiger charge is -2.32. The molecule has 4 nitrogen and oxygen atoms in total. The van der Waals surface area contributed by atoms with Crippen molar-refractivity contribution in [2.75, 3.05) is 14.1 Å². The molecule has 0 saturated carbocycles. The number of carbonyl (C=O) groups excluding carboxylic acids is 1. The minimum atomic E-state index is -0.404. The smallest absolute Gasteiger partial charge is 0.399 e. The topological polar surface area (TPSA) is 38.8 Å². The second-order valence-corrected chi connectivity index (χ2v) is 7.23. The molecule has 134 valence electrons. The summed E-state index contributed by atoms with van der Waals surface area (Å²) in [7, 11) is 3.60. The summed E-state index contributed by atoms with van der Waals surface area (Å²) in [6.45, 7) is 14.2. The predicted molar refractivity (Wildman–Crippen MR) is 101 cm³/mol. The molecule has 1 aliphatic rings. The molecule has 0 radical (unpaired) electrons. The fraction of sp³-hybridized carbons (Fsp3) is 0.632. The molecular weight excluding hydrogens is 301 g/mol. The van der Waals surface area contributed by atoms with Gasteiger partial charge in [-0.05, 0) is 59.7 Å². The van der Waals surface area contributed by atoms with Crippen LogP contribution in [0.3, 0.4) is 0 Å². The molecule has 1 atom stereocenters. The first kappa shape index (κ1) is 20.9. The SMILES string of the molecule is CC.CC(c1cc(B2OC(C)(C)C(C)(C)O2)ccc1C=O)N(C)C. The molecule has 24 heavy (non-hydrogen) atoms. The molecule has 0 spiro atoms. The molecule has 1 fully saturated rings. The maximum Gasteiger partial charge on any atom is 0.494 e. The Balaban J connectivity index is 0.00000139. The second-order valence-electron chi connectivity index (χ2n) is 7.23. The van der Waals surface area contributed by atoms with Gasteiger partial charge in [0.15, 0.2) is 0 Å². The third-order valence-corrected chi connectivity index (χ3v) is 4.99. The van der Waals surface area contributed by atoms with E-state index in [-0.39, 0.29) is 17.2 Å².